The highest BCUT2D eigenvalue weighted by atomic mass is 35.5. The van der Waals surface area contributed by atoms with Crippen molar-refractivity contribution >= 4 is 23.2 Å². The van der Waals surface area contributed by atoms with E-state index in [0.717, 1.165) is 32.1 Å². The second-order valence-electron chi connectivity index (χ2n) is 8.27. The zero-order valence-corrected chi connectivity index (χ0v) is 15.0. The van der Waals surface area contributed by atoms with E-state index >= 15 is 0 Å². The fourth-order valence-electron chi connectivity index (χ4n) is 6.05. The van der Waals surface area contributed by atoms with E-state index < -0.39 is 5.60 Å². The number of hydrogen-bond acceptors (Lipinski definition) is 3. The van der Waals surface area contributed by atoms with Crippen molar-refractivity contribution in [2.24, 2.45) is 17.3 Å². The van der Waals surface area contributed by atoms with E-state index in [4.69, 9.17) is 11.6 Å². The van der Waals surface area contributed by atoms with Crippen LogP contribution in [0.15, 0.2) is 22.8 Å². The number of rotatable bonds is 2. The Balaban J connectivity index is 1.69. The maximum absolute atomic E-state index is 12.4. The molecule has 130 valence electrons. The summed E-state index contributed by atoms with van der Waals surface area (Å²) in [7, 11) is 0. The molecule has 0 aromatic rings. The predicted molar refractivity (Wildman–Crippen MR) is 92.8 cm³/mol. The Morgan fingerprint density at radius 3 is 2.88 bits per heavy atom. The molecule has 4 atom stereocenters. The molecule has 0 amide bonds. The molecule has 0 aromatic carbocycles. The number of alkyl halides is 1. The maximum Gasteiger partial charge on any atom is 0.179 e. The van der Waals surface area contributed by atoms with Crippen molar-refractivity contribution < 1.29 is 14.7 Å². The minimum absolute atomic E-state index is 0.108. The van der Waals surface area contributed by atoms with Gasteiger partial charge in [0.15, 0.2) is 5.78 Å². The van der Waals surface area contributed by atoms with Crippen LogP contribution in [0.25, 0.3) is 0 Å². The summed E-state index contributed by atoms with van der Waals surface area (Å²) in [5.74, 6) is 0.797. The lowest BCUT2D eigenvalue weighted by Gasteiger charge is -2.50. The fraction of sp³-hybridized carbons (Fsp3) is 0.700. The molecule has 4 aliphatic carbocycles. The molecule has 3 fully saturated rings. The summed E-state index contributed by atoms with van der Waals surface area (Å²) in [5.41, 5.74) is 2.56. The first-order valence-corrected chi connectivity index (χ1v) is 9.69. The molecular weight excluding hydrogens is 324 g/mol. The van der Waals surface area contributed by atoms with Gasteiger partial charge < -0.3 is 5.11 Å². The number of ketones is 2. The average molecular weight is 349 g/mol. The van der Waals surface area contributed by atoms with Gasteiger partial charge in [-0.2, -0.15) is 0 Å². The van der Waals surface area contributed by atoms with Gasteiger partial charge in [0.2, 0.25) is 0 Å². The van der Waals surface area contributed by atoms with E-state index in [2.05, 4.69) is 13.0 Å². The van der Waals surface area contributed by atoms with Crippen LogP contribution in [0.5, 0.6) is 0 Å². The fourth-order valence-corrected chi connectivity index (χ4v) is 6.27. The molecule has 0 radical (unpaired) electrons. The van der Waals surface area contributed by atoms with Gasteiger partial charge in [0.1, 0.15) is 11.4 Å². The highest BCUT2D eigenvalue weighted by Crippen LogP contribution is 2.63. The van der Waals surface area contributed by atoms with E-state index in [1.54, 1.807) is 0 Å². The number of Topliss-reactive ketones (excluding diaryl/α,β-unsaturated/α-hetero) is 2. The van der Waals surface area contributed by atoms with Gasteiger partial charge in [0.05, 0.1) is 5.88 Å². The molecular formula is C20H25ClO3. The lowest BCUT2D eigenvalue weighted by atomic mass is 9.55. The van der Waals surface area contributed by atoms with Gasteiger partial charge in [-0.1, -0.05) is 18.6 Å². The molecule has 4 aliphatic rings. The van der Waals surface area contributed by atoms with E-state index in [1.165, 1.54) is 16.7 Å². The Labute approximate surface area is 148 Å². The van der Waals surface area contributed by atoms with E-state index in [9.17, 15) is 14.7 Å². The summed E-state index contributed by atoms with van der Waals surface area (Å²) in [5, 5.41) is 11.2. The van der Waals surface area contributed by atoms with Crippen molar-refractivity contribution in [1.82, 2.24) is 0 Å². The minimum Gasteiger partial charge on any atom is -0.381 e. The number of aliphatic hydroxyl groups is 1. The zero-order valence-electron chi connectivity index (χ0n) is 14.2. The molecule has 4 heteroatoms. The van der Waals surface area contributed by atoms with Crippen LogP contribution in [0, 0.1) is 17.3 Å². The van der Waals surface area contributed by atoms with Crippen LogP contribution in [0.1, 0.15) is 58.3 Å². The Morgan fingerprint density at radius 1 is 1.33 bits per heavy atom. The summed E-state index contributed by atoms with van der Waals surface area (Å²) in [6.07, 6.45) is 8.56. The lowest BCUT2D eigenvalue weighted by molar-refractivity contribution is -0.151. The SMILES string of the molecule is C[C@]12CCC3=C4CCC(=O)CC4=CCC3C1CC[C@]2(O)C(=O)CCl. The molecule has 3 nitrogen and oxygen atoms in total. The lowest BCUT2D eigenvalue weighted by Crippen LogP contribution is -2.54. The third-order valence-corrected chi connectivity index (χ3v) is 7.69. The van der Waals surface area contributed by atoms with Crippen LogP contribution < -0.4 is 0 Å². The topological polar surface area (TPSA) is 54.4 Å². The van der Waals surface area contributed by atoms with Crippen molar-refractivity contribution in [1.29, 1.82) is 0 Å². The summed E-state index contributed by atoms with van der Waals surface area (Å²) in [6.45, 7) is 2.10. The van der Waals surface area contributed by atoms with Gasteiger partial charge in [-0.25, -0.2) is 0 Å². The maximum atomic E-state index is 12.4. The largest absolute Gasteiger partial charge is 0.381 e. The number of carbonyl (C=O) groups excluding carboxylic acids is 2. The van der Waals surface area contributed by atoms with E-state index in [-0.39, 0.29) is 17.1 Å². The Hall–Kier alpha value is -0.930. The summed E-state index contributed by atoms with van der Waals surface area (Å²) in [4.78, 5) is 24.1. The highest BCUT2D eigenvalue weighted by Gasteiger charge is 2.63. The molecule has 2 unspecified atom stereocenters. The molecule has 0 aromatic heterocycles. The number of allylic oxidation sites excluding steroid dienone is 4. The standard InChI is InChI=1S/C20H25ClO3/c1-19-8-6-15-14-5-3-13(22)10-12(14)2-4-16(15)17(19)7-9-20(19,24)18(23)11-21/h2,16-17,24H,3-11H2,1H3/t16?,17?,19-,20-/m0/s1. The molecule has 4 rings (SSSR count). The molecule has 24 heavy (non-hydrogen) atoms. The van der Waals surface area contributed by atoms with Crippen molar-refractivity contribution in [2.75, 3.05) is 5.88 Å². The number of carbonyl (C=O) groups is 2. The Morgan fingerprint density at radius 2 is 2.12 bits per heavy atom. The smallest absolute Gasteiger partial charge is 0.179 e. The molecule has 0 heterocycles. The quantitative estimate of drug-likeness (QED) is 0.773. The molecule has 0 saturated heterocycles. The summed E-state index contributed by atoms with van der Waals surface area (Å²) < 4.78 is 0. The van der Waals surface area contributed by atoms with E-state index in [0.29, 0.717) is 36.9 Å². The van der Waals surface area contributed by atoms with Crippen LogP contribution >= 0.6 is 11.6 Å². The normalized spacial score (nSPS) is 41.5. The van der Waals surface area contributed by atoms with Crippen LogP contribution in [-0.2, 0) is 9.59 Å². The summed E-state index contributed by atoms with van der Waals surface area (Å²) >= 11 is 5.80. The third kappa shape index (κ3) is 2.07. The van der Waals surface area contributed by atoms with Crippen LogP contribution in [-0.4, -0.2) is 28.2 Å². The highest BCUT2D eigenvalue weighted by molar-refractivity contribution is 6.29. The van der Waals surface area contributed by atoms with Gasteiger partial charge in [-0.3, -0.25) is 9.59 Å². The number of fused-ring (bicyclic) bond motifs is 4. The molecule has 0 bridgehead atoms. The van der Waals surface area contributed by atoms with Crippen LogP contribution in [0.4, 0.5) is 0 Å². The first-order valence-electron chi connectivity index (χ1n) is 9.15. The Bertz CT molecular complexity index is 676. The molecule has 0 spiro atoms. The first kappa shape index (κ1) is 16.5. The zero-order chi connectivity index (χ0) is 17.1. The third-order valence-electron chi connectivity index (χ3n) is 7.44. The summed E-state index contributed by atoms with van der Waals surface area (Å²) in [6, 6.07) is 0. The van der Waals surface area contributed by atoms with Gasteiger partial charge in [0.25, 0.3) is 0 Å². The van der Waals surface area contributed by atoms with Crippen molar-refractivity contribution in [3.8, 4) is 0 Å². The molecule has 1 N–H and O–H groups in total. The van der Waals surface area contributed by atoms with Gasteiger partial charge in [-0.05, 0) is 61.5 Å². The van der Waals surface area contributed by atoms with Crippen LogP contribution in [0.3, 0.4) is 0 Å². The second kappa shape index (κ2) is 5.54. The van der Waals surface area contributed by atoms with Crippen molar-refractivity contribution in [3.63, 3.8) is 0 Å². The van der Waals surface area contributed by atoms with Crippen LogP contribution in [0.2, 0.25) is 0 Å². The average Bonchev–Trinajstić information content (AvgIpc) is 2.86. The van der Waals surface area contributed by atoms with Gasteiger partial charge in [-0.15, -0.1) is 11.6 Å². The monoisotopic (exact) mass is 348 g/mol. The van der Waals surface area contributed by atoms with Gasteiger partial charge in [0, 0.05) is 18.3 Å². The Kier molecular flexibility index (Phi) is 3.81. The van der Waals surface area contributed by atoms with E-state index in [1.807, 2.05) is 0 Å². The molecule has 0 aliphatic heterocycles. The van der Waals surface area contributed by atoms with Gasteiger partial charge >= 0.3 is 0 Å². The number of hydrogen-bond donors (Lipinski definition) is 1. The molecule has 3 saturated carbocycles. The number of halogens is 1. The first-order chi connectivity index (χ1) is 11.4. The van der Waals surface area contributed by atoms with Crippen molar-refractivity contribution in [3.05, 3.63) is 22.8 Å². The van der Waals surface area contributed by atoms with Crippen molar-refractivity contribution in [2.45, 2.75) is 63.9 Å². The second-order valence-corrected chi connectivity index (χ2v) is 8.54. The predicted octanol–water partition coefficient (Wildman–Crippen LogP) is 3.73. The minimum atomic E-state index is -1.26.